The molecule has 0 N–H and O–H groups in total. The van der Waals surface area contributed by atoms with Crippen molar-refractivity contribution >= 4 is 15.9 Å². The van der Waals surface area contributed by atoms with Crippen molar-refractivity contribution in [1.29, 1.82) is 0 Å². The number of nitrogens with zero attached hydrogens (tertiary/aromatic N) is 1. The summed E-state index contributed by atoms with van der Waals surface area (Å²) in [7, 11) is 0. The van der Waals surface area contributed by atoms with E-state index in [1.807, 2.05) is 24.3 Å². The highest BCUT2D eigenvalue weighted by molar-refractivity contribution is 9.10. The highest BCUT2D eigenvalue weighted by Gasteiger charge is 2.37. The van der Waals surface area contributed by atoms with Crippen LogP contribution in [0.3, 0.4) is 0 Å². The third-order valence-electron chi connectivity index (χ3n) is 3.25. The van der Waals surface area contributed by atoms with Gasteiger partial charge < -0.3 is 9.47 Å². The van der Waals surface area contributed by atoms with Gasteiger partial charge in [0, 0.05) is 24.1 Å². The summed E-state index contributed by atoms with van der Waals surface area (Å²) in [5.41, 5.74) is -0.196. The molecular weight excluding hydrogens is 318 g/mol. The first kappa shape index (κ1) is 15.8. The van der Waals surface area contributed by atoms with Gasteiger partial charge in [-0.05, 0) is 52.0 Å². The number of hydrogen-bond donors (Lipinski definition) is 0. The molecule has 1 aliphatic rings. The van der Waals surface area contributed by atoms with Gasteiger partial charge in [0.15, 0.2) is 0 Å². The van der Waals surface area contributed by atoms with Gasteiger partial charge in [-0.15, -0.1) is 0 Å². The first-order valence-corrected chi connectivity index (χ1v) is 7.86. The molecule has 1 aromatic rings. The van der Waals surface area contributed by atoms with E-state index in [-0.39, 0.29) is 11.2 Å². The second kappa shape index (κ2) is 6.04. The van der Waals surface area contributed by atoms with Gasteiger partial charge in [0.1, 0.15) is 12.4 Å². The molecule has 0 spiro atoms. The quantitative estimate of drug-likeness (QED) is 0.833. The smallest absolute Gasteiger partial charge is 0.119 e. The molecule has 0 bridgehead atoms. The third kappa shape index (κ3) is 4.76. The van der Waals surface area contributed by atoms with Gasteiger partial charge in [0.05, 0.1) is 11.2 Å². The zero-order valence-corrected chi connectivity index (χ0v) is 14.4. The molecule has 1 fully saturated rings. The van der Waals surface area contributed by atoms with Crippen LogP contribution in [0, 0.1) is 0 Å². The molecule has 112 valence electrons. The highest BCUT2D eigenvalue weighted by Crippen LogP contribution is 2.27. The minimum Gasteiger partial charge on any atom is -0.492 e. The molecule has 1 aromatic carbocycles. The lowest BCUT2D eigenvalue weighted by Gasteiger charge is -2.47. The Morgan fingerprint density at radius 1 is 1.10 bits per heavy atom. The van der Waals surface area contributed by atoms with Crippen LogP contribution in [0.25, 0.3) is 0 Å². The van der Waals surface area contributed by atoms with Crippen LogP contribution in [-0.4, -0.2) is 42.3 Å². The fourth-order valence-corrected chi connectivity index (χ4v) is 3.19. The first-order valence-electron chi connectivity index (χ1n) is 7.07. The second-order valence-corrected chi connectivity index (χ2v) is 7.55. The lowest BCUT2D eigenvalue weighted by atomic mass is 9.99. The van der Waals surface area contributed by atoms with E-state index >= 15 is 0 Å². The average molecular weight is 342 g/mol. The maximum absolute atomic E-state index is 6.08. The summed E-state index contributed by atoms with van der Waals surface area (Å²) in [6, 6.07) is 7.96. The Kier molecular flexibility index (Phi) is 4.77. The zero-order chi connectivity index (χ0) is 14.8. The maximum Gasteiger partial charge on any atom is 0.119 e. The number of hydrogen-bond acceptors (Lipinski definition) is 3. The monoisotopic (exact) mass is 341 g/mol. The standard InChI is InChI=1S/C16H24BrNO2/c1-15(2)11-18(12-16(3,4)20-15)9-10-19-14-7-5-13(17)6-8-14/h5-8H,9-12H2,1-4H3. The summed E-state index contributed by atoms with van der Waals surface area (Å²) in [5.74, 6) is 0.917. The molecule has 1 saturated heterocycles. The molecule has 0 amide bonds. The zero-order valence-electron chi connectivity index (χ0n) is 12.8. The van der Waals surface area contributed by atoms with Crippen LogP contribution in [0.4, 0.5) is 0 Å². The summed E-state index contributed by atoms with van der Waals surface area (Å²) >= 11 is 3.42. The molecule has 20 heavy (non-hydrogen) atoms. The molecule has 0 radical (unpaired) electrons. The SMILES string of the molecule is CC1(C)CN(CCOc2ccc(Br)cc2)CC(C)(C)O1. The first-order chi connectivity index (χ1) is 9.26. The van der Waals surface area contributed by atoms with Crippen LogP contribution >= 0.6 is 15.9 Å². The predicted octanol–water partition coefficient (Wildman–Crippen LogP) is 3.72. The van der Waals surface area contributed by atoms with Gasteiger partial charge >= 0.3 is 0 Å². The predicted molar refractivity (Wildman–Crippen MR) is 85.3 cm³/mol. The van der Waals surface area contributed by atoms with Crippen LogP contribution in [0.1, 0.15) is 27.7 Å². The molecule has 2 rings (SSSR count). The number of halogens is 1. The normalized spacial score (nSPS) is 21.6. The molecule has 0 aliphatic carbocycles. The minimum absolute atomic E-state index is 0.0979. The molecule has 4 heteroatoms. The summed E-state index contributed by atoms with van der Waals surface area (Å²) in [6.07, 6.45) is 0. The van der Waals surface area contributed by atoms with Crippen LogP contribution < -0.4 is 4.74 Å². The van der Waals surface area contributed by atoms with E-state index in [2.05, 4.69) is 48.5 Å². The van der Waals surface area contributed by atoms with Crippen LogP contribution in [0.15, 0.2) is 28.7 Å². The Morgan fingerprint density at radius 3 is 2.20 bits per heavy atom. The van der Waals surface area contributed by atoms with Gasteiger partial charge in [0.2, 0.25) is 0 Å². The van der Waals surface area contributed by atoms with Crippen molar-refractivity contribution in [3.8, 4) is 5.75 Å². The lowest BCUT2D eigenvalue weighted by Crippen LogP contribution is -2.57. The average Bonchev–Trinajstić information content (AvgIpc) is 2.27. The Bertz CT molecular complexity index is 426. The number of rotatable bonds is 4. The van der Waals surface area contributed by atoms with E-state index in [4.69, 9.17) is 9.47 Å². The van der Waals surface area contributed by atoms with Crippen molar-refractivity contribution in [2.45, 2.75) is 38.9 Å². The fraction of sp³-hybridized carbons (Fsp3) is 0.625. The topological polar surface area (TPSA) is 21.7 Å². The van der Waals surface area contributed by atoms with E-state index in [0.29, 0.717) is 6.61 Å². The van der Waals surface area contributed by atoms with Crippen molar-refractivity contribution in [2.75, 3.05) is 26.2 Å². The number of ether oxygens (including phenoxy) is 2. The molecule has 0 atom stereocenters. The molecule has 3 nitrogen and oxygen atoms in total. The molecular formula is C16H24BrNO2. The van der Waals surface area contributed by atoms with Gasteiger partial charge in [-0.3, -0.25) is 4.90 Å². The maximum atomic E-state index is 6.08. The molecule has 0 unspecified atom stereocenters. The Hall–Kier alpha value is -0.580. The van der Waals surface area contributed by atoms with Gasteiger partial charge in [-0.2, -0.15) is 0 Å². The van der Waals surface area contributed by atoms with Gasteiger partial charge in [0.25, 0.3) is 0 Å². The van der Waals surface area contributed by atoms with Gasteiger partial charge in [-0.25, -0.2) is 0 Å². The van der Waals surface area contributed by atoms with E-state index in [9.17, 15) is 0 Å². The number of morpholine rings is 1. The minimum atomic E-state index is -0.0979. The summed E-state index contributed by atoms with van der Waals surface area (Å²) < 4.78 is 12.9. The third-order valence-corrected chi connectivity index (χ3v) is 3.78. The Labute approximate surface area is 130 Å². The fourth-order valence-electron chi connectivity index (χ4n) is 2.93. The van der Waals surface area contributed by atoms with Crippen LogP contribution in [0.5, 0.6) is 5.75 Å². The number of benzene rings is 1. The summed E-state index contributed by atoms with van der Waals surface area (Å²) in [4.78, 5) is 2.42. The highest BCUT2D eigenvalue weighted by atomic mass is 79.9. The molecule has 1 heterocycles. The lowest BCUT2D eigenvalue weighted by molar-refractivity contribution is -0.181. The van der Waals surface area contributed by atoms with Crippen LogP contribution in [0.2, 0.25) is 0 Å². The Morgan fingerprint density at radius 2 is 1.65 bits per heavy atom. The summed E-state index contributed by atoms with van der Waals surface area (Å²) in [6.45, 7) is 12.1. The van der Waals surface area contributed by atoms with Crippen molar-refractivity contribution in [3.05, 3.63) is 28.7 Å². The second-order valence-electron chi connectivity index (χ2n) is 6.63. The Balaban J connectivity index is 1.83. The van der Waals surface area contributed by atoms with E-state index in [1.54, 1.807) is 0 Å². The van der Waals surface area contributed by atoms with Crippen molar-refractivity contribution in [3.63, 3.8) is 0 Å². The van der Waals surface area contributed by atoms with E-state index in [1.165, 1.54) is 0 Å². The van der Waals surface area contributed by atoms with E-state index < -0.39 is 0 Å². The van der Waals surface area contributed by atoms with Gasteiger partial charge in [-0.1, -0.05) is 15.9 Å². The molecule has 0 aromatic heterocycles. The van der Waals surface area contributed by atoms with Crippen molar-refractivity contribution in [2.24, 2.45) is 0 Å². The molecule has 1 aliphatic heterocycles. The van der Waals surface area contributed by atoms with E-state index in [0.717, 1.165) is 29.9 Å². The molecule has 0 saturated carbocycles. The van der Waals surface area contributed by atoms with Crippen molar-refractivity contribution < 1.29 is 9.47 Å². The summed E-state index contributed by atoms with van der Waals surface area (Å²) in [5, 5.41) is 0. The van der Waals surface area contributed by atoms with Crippen LogP contribution in [-0.2, 0) is 4.74 Å². The largest absolute Gasteiger partial charge is 0.492 e. The van der Waals surface area contributed by atoms with Crippen molar-refractivity contribution in [1.82, 2.24) is 4.90 Å².